The summed E-state index contributed by atoms with van der Waals surface area (Å²) in [6, 6.07) is 9.46. The maximum Gasteiger partial charge on any atom is 0.118 e. The lowest BCUT2D eigenvalue weighted by atomic mass is 10.0. The van der Waals surface area contributed by atoms with E-state index in [0.29, 0.717) is 11.3 Å². The van der Waals surface area contributed by atoms with Crippen LogP contribution in [0.1, 0.15) is 5.56 Å². The van der Waals surface area contributed by atoms with Crippen molar-refractivity contribution in [2.75, 3.05) is 12.8 Å². The summed E-state index contributed by atoms with van der Waals surface area (Å²) in [5.74, 6) is 0.775. The van der Waals surface area contributed by atoms with Crippen LogP contribution in [0.15, 0.2) is 36.7 Å². The van der Waals surface area contributed by atoms with Gasteiger partial charge in [-0.15, -0.1) is 0 Å². The summed E-state index contributed by atoms with van der Waals surface area (Å²) in [6.07, 6.45) is 3.11. The standard InChI is InChI=1S/C13H11N3O/c1-17-11-4-2-9(3-5-11)12-8-16-7-10(6-14)13(12)15/h2-5,7-8H,1H3,(H2,15,16). The number of nitriles is 1. The van der Waals surface area contributed by atoms with Gasteiger partial charge in [0.1, 0.15) is 11.8 Å². The first-order valence-electron chi connectivity index (χ1n) is 5.04. The Hall–Kier alpha value is -2.54. The summed E-state index contributed by atoms with van der Waals surface area (Å²) >= 11 is 0. The molecule has 0 amide bonds. The van der Waals surface area contributed by atoms with Crippen molar-refractivity contribution < 1.29 is 4.74 Å². The van der Waals surface area contributed by atoms with Crippen molar-refractivity contribution in [2.45, 2.75) is 0 Å². The van der Waals surface area contributed by atoms with Gasteiger partial charge in [0.25, 0.3) is 0 Å². The number of rotatable bonds is 2. The Morgan fingerprint density at radius 3 is 2.53 bits per heavy atom. The molecule has 0 unspecified atom stereocenters. The fourth-order valence-electron chi connectivity index (χ4n) is 1.56. The van der Waals surface area contributed by atoms with Crippen molar-refractivity contribution in [3.05, 3.63) is 42.2 Å². The van der Waals surface area contributed by atoms with Gasteiger partial charge in [0.2, 0.25) is 0 Å². The van der Waals surface area contributed by atoms with Gasteiger partial charge in [0.05, 0.1) is 18.4 Å². The van der Waals surface area contributed by atoms with Gasteiger partial charge >= 0.3 is 0 Å². The van der Waals surface area contributed by atoms with Gasteiger partial charge < -0.3 is 10.5 Å². The molecule has 17 heavy (non-hydrogen) atoms. The molecule has 0 aliphatic heterocycles. The largest absolute Gasteiger partial charge is 0.497 e. The van der Waals surface area contributed by atoms with Gasteiger partial charge in [-0.3, -0.25) is 4.98 Å². The summed E-state index contributed by atoms with van der Waals surface area (Å²) in [5, 5.41) is 8.88. The molecule has 4 heteroatoms. The fraction of sp³-hybridized carbons (Fsp3) is 0.0769. The Bertz CT molecular complexity index is 570. The fourth-order valence-corrected chi connectivity index (χ4v) is 1.56. The third-order valence-electron chi connectivity index (χ3n) is 2.51. The van der Waals surface area contributed by atoms with Crippen LogP contribution in [0, 0.1) is 11.3 Å². The van der Waals surface area contributed by atoms with E-state index in [9.17, 15) is 0 Å². The summed E-state index contributed by atoms with van der Waals surface area (Å²) in [4.78, 5) is 4.00. The number of nitrogens with two attached hydrogens (primary N) is 1. The summed E-state index contributed by atoms with van der Waals surface area (Å²) < 4.78 is 5.08. The number of nitrogens with zero attached hydrogens (tertiary/aromatic N) is 2. The van der Waals surface area contributed by atoms with E-state index in [2.05, 4.69) is 4.98 Å². The van der Waals surface area contributed by atoms with E-state index in [1.807, 2.05) is 30.3 Å². The number of ether oxygens (including phenoxy) is 1. The number of benzene rings is 1. The predicted molar refractivity (Wildman–Crippen MR) is 65.4 cm³/mol. The zero-order valence-electron chi connectivity index (χ0n) is 9.34. The number of hydrogen-bond donors (Lipinski definition) is 1. The van der Waals surface area contributed by atoms with Crippen molar-refractivity contribution >= 4 is 5.69 Å². The van der Waals surface area contributed by atoms with Crippen LogP contribution in [0.3, 0.4) is 0 Å². The van der Waals surface area contributed by atoms with Crippen LogP contribution in [0.4, 0.5) is 5.69 Å². The molecule has 0 saturated carbocycles. The topological polar surface area (TPSA) is 71.9 Å². The van der Waals surface area contributed by atoms with E-state index >= 15 is 0 Å². The van der Waals surface area contributed by atoms with E-state index in [1.54, 1.807) is 13.3 Å². The van der Waals surface area contributed by atoms with Crippen LogP contribution in [-0.4, -0.2) is 12.1 Å². The lowest BCUT2D eigenvalue weighted by Crippen LogP contribution is -1.95. The third kappa shape index (κ3) is 2.04. The van der Waals surface area contributed by atoms with Crippen LogP contribution >= 0.6 is 0 Å². The Labute approximate surface area is 99.3 Å². The highest BCUT2D eigenvalue weighted by Gasteiger charge is 2.07. The molecule has 0 radical (unpaired) electrons. The van der Waals surface area contributed by atoms with Crippen LogP contribution in [-0.2, 0) is 0 Å². The van der Waals surface area contributed by atoms with Gasteiger partial charge in [0.15, 0.2) is 0 Å². The highest BCUT2D eigenvalue weighted by atomic mass is 16.5. The molecule has 0 aliphatic carbocycles. The van der Waals surface area contributed by atoms with Crippen molar-refractivity contribution in [1.29, 1.82) is 5.26 Å². The zero-order chi connectivity index (χ0) is 12.3. The summed E-state index contributed by atoms with van der Waals surface area (Å²) in [6.45, 7) is 0. The van der Waals surface area contributed by atoms with Gasteiger partial charge in [-0.2, -0.15) is 5.26 Å². The van der Waals surface area contributed by atoms with E-state index in [1.165, 1.54) is 6.20 Å². The third-order valence-corrected chi connectivity index (χ3v) is 2.51. The number of hydrogen-bond acceptors (Lipinski definition) is 4. The highest BCUT2D eigenvalue weighted by Crippen LogP contribution is 2.28. The average Bonchev–Trinajstić information content (AvgIpc) is 2.39. The number of pyridine rings is 1. The highest BCUT2D eigenvalue weighted by molar-refractivity contribution is 5.79. The van der Waals surface area contributed by atoms with Crippen molar-refractivity contribution in [1.82, 2.24) is 4.98 Å². The van der Waals surface area contributed by atoms with Gasteiger partial charge in [-0.25, -0.2) is 0 Å². The SMILES string of the molecule is COc1ccc(-c2cncc(C#N)c2N)cc1. The molecule has 1 aromatic carbocycles. The second-order valence-corrected chi connectivity index (χ2v) is 3.49. The molecule has 0 atom stereocenters. The van der Waals surface area contributed by atoms with Gasteiger partial charge in [-0.05, 0) is 17.7 Å². The van der Waals surface area contributed by atoms with Crippen LogP contribution < -0.4 is 10.5 Å². The number of anilines is 1. The van der Waals surface area contributed by atoms with E-state index in [4.69, 9.17) is 15.7 Å². The van der Waals surface area contributed by atoms with Crippen molar-refractivity contribution in [3.8, 4) is 22.9 Å². The molecule has 0 spiro atoms. The zero-order valence-corrected chi connectivity index (χ0v) is 9.34. The maximum atomic E-state index is 8.88. The summed E-state index contributed by atoms with van der Waals surface area (Å²) in [5.41, 5.74) is 8.41. The Morgan fingerprint density at radius 2 is 1.94 bits per heavy atom. The van der Waals surface area contributed by atoms with E-state index in [0.717, 1.165) is 16.9 Å². The average molecular weight is 225 g/mol. The molecule has 1 aromatic heterocycles. The van der Waals surface area contributed by atoms with Crippen molar-refractivity contribution in [3.63, 3.8) is 0 Å². The molecule has 1 heterocycles. The molecular formula is C13H11N3O. The van der Waals surface area contributed by atoms with Gasteiger partial charge in [0, 0.05) is 18.0 Å². The molecular weight excluding hydrogens is 214 g/mol. The molecule has 2 aromatic rings. The van der Waals surface area contributed by atoms with E-state index in [-0.39, 0.29) is 0 Å². The minimum absolute atomic E-state index is 0.387. The normalized spacial score (nSPS) is 9.65. The quantitative estimate of drug-likeness (QED) is 0.850. The lowest BCUT2D eigenvalue weighted by molar-refractivity contribution is 0.415. The Balaban J connectivity index is 2.50. The number of nitrogen functional groups attached to an aromatic ring is 1. The molecule has 0 aliphatic rings. The minimum Gasteiger partial charge on any atom is -0.497 e. The minimum atomic E-state index is 0.387. The molecule has 0 fully saturated rings. The predicted octanol–water partition coefficient (Wildman–Crippen LogP) is 2.21. The second-order valence-electron chi connectivity index (χ2n) is 3.49. The smallest absolute Gasteiger partial charge is 0.118 e. The monoisotopic (exact) mass is 225 g/mol. The molecule has 0 bridgehead atoms. The van der Waals surface area contributed by atoms with Crippen LogP contribution in [0.25, 0.3) is 11.1 Å². The van der Waals surface area contributed by atoms with Crippen LogP contribution in [0.5, 0.6) is 5.75 Å². The molecule has 84 valence electrons. The lowest BCUT2D eigenvalue weighted by Gasteiger charge is -2.07. The number of aromatic nitrogens is 1. The molecule has 2 N–H and O–H groups in total. The maximum absolute atomic E-state index is 8.88. The first kappa shape index (κ1) is 11.0. The first-order valence-corrected chi connectivity index (χ1v) is 5.04. The second kappa shape index (κ2) is 4.54. The molecule has 0 saturated heterocycles. The van der Waals surface area contributed by atoms with E-state index < -0.39 is 0 Å². The van der Waals surface area contributed by atoms with Gasteiger partial charge in [-0.1, -0.05) is 12.1 Å². The Kier molecular flexibility index (Phi) is 2.93. The Morgan fingerprint density at radius 1 is 1.24 bits per heavy atom. The first-order chi connectivity index (χ1) is 8.26. The molecule has 4 nitrogen and oxygen atoms in total. The summed E-state index contributed by atoms with van der Waals surface area (Å²) in [7, 11) is 1.61. The van der Waals surface area contributed by atoms with Crippen LogP contribution in [0.2, 0.25) is 0 Å². The number of methoxy groups -OCH3 is 1. The molecule has 2 rings (SSSR count). The van der Waals surface area contributed by atoms with Crippen molar-refractivity contribution in [2.24, 2.45) is 0 Å².